The number of carboxylic acid groups (broad SMARTS) is 1. The van der Waals surface area contributed by atoms with Gasteiger partial charge in [-0.15, -0.1) is 0 Å². The highest BCUT2D eigenvalue weighted by Crippen LogP contribution is 2.40. The molecular weight excluding hydrogens is 350 g/mol. The van der Waals surface area contributed by atoms with E-state index in [1.807, 2.05) is 12.4 Å². The highest BCUT2D eigenvalue weighted by Gasteiger charge is 2.36. The third-order valence-corrected chi connectivity index (χ3v) is 6.32. The molecule has 1 aliphatic heterocycles. The second kappa shape index (κ2) is 8.21. The summed E-state index contributed by atoms with van der Waals surface area (Å²) in [7, 11) is 0. The second-order valence-corrected chi connectivity index (χ2v) is 8.11. The van der Waals surface area contributed by atoms with E-state index in [0.29, 0.717) is 0 Å². The van der Waals surface area contributed by atoms with Gasteiger partial charge in [0, 0.05) is 31.2 Å². The van der Waals surface area contributed by atoms with Crippen LogP contribution in [-0.2, 0) is 18.4 Å². The van der Waals surface area contributed by atoms with Crippen molar-refractivity contribution in [2.75, 3.05) is 18.0 Å². The molecule has 5 nitrogen and oxygen atoms in total. The minimum Gasteiger partial charge on any atom is -0.465 e. The highest BCUT2D eigenvalue weighted by molar-refractivity contribution is 5.67. The van der Waals surface area contributed by atoms with E-state index in [1.54, 1.807) is 0 Å². The lowest BCUT2D eigenvalue weighted by Crippen LogP contribution is -2.46. The van der Waals surface area contributed by atoms with Gasteiger partial charge in [0.2, 0.25) is 0 Å². The summed E-state index contributed by atoms with van der Waals surface area (Å²) >= 11 is 0. The lowest BCUT2D eigenvalue weighted by Gasteiger charge is -2.38. The number of hydrogen-bond donors (Lipinski definition) is 2. The Bertz CT molecular complexity index is 816. The van der Waals surface area contributed by atoms with Gasteiger partial charge in [0.15, 0.2) is 0 Å². The molecule has 1 aromatic carbocycles. The van der Waals surface area contributed by atoms with Gasteiger partial charge in [-0.2, -0.15) is 0 Å². The third-order valence-electron chi connectivity index (χ3n) is 6.32. The lowest BCUT2D eigenvalue weighted by molar-refractivity contribution is 0.162. The first-order valence-electron chi connectivity index (χ1n) is 10.4. The van der Waals surface area contributed by atoms with E-state index in [-0.39, 0.29) is 0 Å². The van der Waals surface area contributed by atoms with E-state index in [0.717, 1.165) is 63.6 Å². The molecule has 0 unspecified atom stereocenters. The van der Waals surface area contributed by atoms with E-state index < -0.39 is 11.6 Å². The van der Waals surface area contributed by atoms with E-state index in [4.69, 9.17) is 0 Å². The monoisotopic (exact) mass is 379 g/mol. The standard InChI is InChI=1S/C23H29N3O2/c27-22(28)25-23(11-2-1-3-12-23)20-6-7-21-19(17-20)10-16-26(21)15-4-5-18-8-13-24-14-9-18/h6-9,13-14,17,25H,1-5,10-12,15-16H2,(H,27,28). The van der Waals surface area contributed by atoms with Gasteiger partial charge in [-0.25, -0.2) is 4.79 Å². The summed E-state index contributed by atoms with van der Waals surface area (Å²) in [6, 6.07) is 10.8. The summed E-state index contributed by atoms with van der Waals surface area (Å²) in [5.74, 6) is 0. The number of benzene rings is 1. The van der Waals surface area contributed by atoms with Gasteiger partial charge in [-0.1, -0.05) is 31.4 Å². The average molecular weight is 380 g/mol. The predicted molar refractivity (Wildman–Crippen MR) is 111 cm³/mol. The first-order chi connectivity index (χ1) is 13.7. The van der Waals surface area contributed by atoms with E-state index in [2.05, 4.69) is 45.5 Å². The molecule has 0 radical (unpaired) electrons. The van der Waals surface area contributed by atoms with Crippen LogP contribution in [0.4, 0.5) is 10.5 Å². The van der Waals surface area contributed by atoms with Crippen molar-refractivity contribution in [1.29, 1.82) is 0 Å². The molecule has 2 aromatic rings. The Balaban J connectivity index is 1.46. The normalized spacial score (nSPS) is 17.9. The number of nitrogens with one attached hydrogen (secondary N) is 1. The summed E-state index contributed by atoms with van der Waals surface area (Å²) in [6.07, 6.45) is 11.2. The molecule has 28 heavy (non-hydrogen) atoms. The Morgan fingerprint density at radius 2 is 1.93 bits per heavy atom. The average Bonchev–Trinajstić information content (AvgIpc) is 3.11. The summed E-state index contributed by atoms with van der Waals surface area (Å²) in [5.41, 5.74) is 4.75. The molecule has 1 amide bonds. The smallest absolute Gasteiger partial charge is 0.405 e. The number of aryl methyl sites for hydroxylation is 1. The van der Waals surface area contributed by atoms with Crippen molar-refractivity contribution >= 4 is 11.8 Å². The van der Waals surface area contributed by atoms with Gasteiger partial charge in [-0.3, -0.25) is 4.98 Å². The molecule has 1 aliphatic carbocycles. The van der Waals surface area contributed by atoms with Gasteiger partial charge in [0.05, 0.1) is 5.54 Å². The maximum atomic E-state index is 11.4. The Hall–Kier alpha value is -2.56. The Morgan fingerprint density at radius 1 is 1.14 bits per heavy atom. The van der Waals surface area contributed by atoms with Crippen molar-refractivity contribution in [2.24, 2.45) is 0 Å². The van der Waals surface area contributed by atoms with Crippen LogP contribution >= 0.6 is 0 Å². The van der Waals surface area contributed by atoms with Crippen LogP contribution in [0.25, 0.3) is 0 Å². The van der Waals surface area contributed by atoms with Crippen molar-refractivity contribution in [3.63, 3.8) is 0 Å². The van der Waals surface area contributed by atoms with Crippen LogP contribution < -0.4 is 10.2 Å². The molecule has 1 fully saturated rings. The van der Waals surface area contributed by atoms with Crippen LogP contribution in [0.2, 0.25) is 0 Å². The minimum absolute atomic E-state index is 0.409. The topological polar surface area (TPSA) is 65.5 Å². The molecule has 5 heteroatoms. The molecule has 4 rings (SSSR count). The Kier molecular flexibility index (Phi) is 5.51. The van der Waals surface area contributed by atoms with Crippen molar-refractivity contribution in [2.45, 2.75) is 56.9 Å². The van der Waals surface area contributed by atoms with Crippen LogP contribution in [0.5, 0.6) is 0 Å². The van der Waals surface area contributed by atoms with Crippen LogP contribution in [0.3, 0.4) is 0 Å². The molecule has 0 atom stereocenters. The van der Waals surface area contributed by atoms with Crippen LogP contribution in [0.15, 0.2) is 42.7 Å². The number of fused-ring (bicyclic) bond motifs is 1. The molecule has 1 saturated carbocycles. The van der Waals surface area contributed by atoms with Gasteiger partial charge in [0.25, 0.3) is 0 Å². The number of aromatic nitrogens is 1. The quantitative estimate of drug-likeness (QED) is 0.775. The first kappa shape index (κ1) is 18.8. The van der Waals surface area contributed by atoms with E-state index in [1.165, 1.54) is 23.2 Å². The molecule has 0 saturated heterocycles. The number of nitrogens with zero attached hydrogens (tertiary/aromatic N) is 2. The minimum atomic E-state index is -0.917. The summed E-state index contributed by atoms with van der Waals surface area (Å²) in [5, 5.41) is 12.3. The Labute approximate surface area is 166 Å². The van der Waals surface area contributed by atoms with Crippen molar-refractivity contribution in [3.05, 3.63) is 59.4 Å². The van der Waals surface area contributed by atoms with Crippen molar-refractivity contribution in [3.8, 4) is 0 Å². The number of hydrogen-bond acceptors (Lipinski definition) is 3. The largest absolute Gasteiger partial charge is 0.465 e. The van der Waals surface area contributed by atoms with Crippen LogP contribution in [-0.4, -0.2) is 29.3 Å². The Morgan fingerprint density at radius 3 is 2.68 bits per heavy atom. The zero-order valence-corrected chi connectivity index (χ0v) is 16.4. The molecule has 2 aliphatic rings. The van der Waals surface area contributed by atoms with Crippen LogP contribution in [0.1, 0.15) is 55.2 Å². The lowest BCUT2D eigenvalue weighted by atomic mass is 9.76. The van der Waals surface area contributed by atoms with Crippen LogP contribution in [0, 0.1) is 0 Å². The zero-order valence-electron chi connectivity index (χ0n) is 16.4. The third kappa shape index (κ3) is 3.98. The highest BCUT2D eigenvalue weighted by atomic mass is 16.4. The SMILES string of the molecule is O=C(O)NC1(c2ccc3c(c2)CCN3CCCc2ccncc2)CCCCC1. The van der Waals surface area contributed by atoms with Gasteiger partial charge >= 0.3 is 6.09 Å². The molecule has 1 aromatic heterocycles. The molecule has 0 spiro atoms. The van der Waals surface area contributed by atoms with Crippen molar-refractivity contribution in [1.82, 2.24) is 10.3 Å². The number of carbonyl (C=O) groups is 1. The molecule has 2 N–H and O–H groups in total. The maximum Gasteiger partial charge on any atom is 0.405 e. The number of rotatable bonds is 6. The first-order valence-corrected chi connectivity index (χ1v) is 10.4. The fourth-order valence-electron chi connectivity index (χ4n) is 4.87. The summed E-state index contributed by atoms with van der Waals surface area (Å²) < 4.78 is 0. The van der Waals surface area contributed by atoms with E-state index in [9.17, 15) is 9.90 Å². The zero-order chi connectivity index (χ0) is 19.4. The second-order valence-electron chi connectivity index (χ2n) is 8.11. The molecular formula is C23H29N3O2. The number of anilines is 1. The molecule has 148 valence electrons. The predicted octanol–water partition coefficient (Wildman–Crippen LogP) is 4.50. The fraction of sp³-hybridized carbons (Fsp3) is 0.478. The molecule has 2 heterocycles. The van der Waals surface area contributed by atoms with Gasteiger partial charge in [-0.05, 0) is 67.0 Å². The van der Waals surface area contributed by atoms with Crippen molar-refractivity contribution < 1.29 is 9.90 Å². The number of amides is 1. The van der Waals surface area contributed by atoms with Gasteiger partial charge in [0.1, 0.15) is 0 Å². The number of pyridine rings is 1. The maximum absolute atomic E-state index is 11.4. The molecule has 0 bridgehead atoms. The fourth-order valence-corrected chi connectivity index (χ4v) is 4.87. The summed E-state index contributed by atoms with van der Waals surface area (Å²) in [6.45, 7) is 2.10. The van der Waals surface area contributed by atoms with Gasteiger partial charge < -0.3 is 15.3 Å². The van der Waals surface area contributed by atoms with E-state index >= 15 is 0 Å². The summed E-state index contributed by atoms with van der Waals surface area (Å²) in [4.78, 5) is 18.0.